The number of carbonyl (C=O) groups is 2. The van der Waals surface area contributed by atoms with E-state index in [1.165, 1.54) is 18.4 Å². The number of methoxy groups -OCH3 is 1. The quantitative estimate of drug-likeness (QED) is 0.628. The van der Waals surface area contributed by atoms with Crippen LogP contribution in [0.5, 0.6) is 0 Å². The van der Waals surface area contributed by atoms with Crippen LogP contribution in [-0.2, 0) is 14.3 Å². The summed E-state index contributed by atoms with van der Waals surface area (Å²) < 4.78 is 4.53. The van der Waals surface area contributed by atoms with Crippen molar-refractivity contribution in [3.05, 3.63) is 0 Å². The van der Waals surface area contributed by atoms with Gasteiger partial charge in [-0.3, -0.25) is 4.79 Å². The first-order valence-electron chi connectivity index (χ1n) is 7.70. The molecule has 0 aromatic rings. The van der Waals surface area contributed by atoms with Crippen LogP contribution in [0.1, 0.15) is 60.8 Å². The van der Waals surface area contributed by atoms with Gasteiger partial charge in [0.15, 0.2) is 0 Å². The normalized spacial score (nSPS) is 18.7. The largest absolute Gasteiger partial charge is 0.467 e. The average Bonchev–Trinajstić information content (AvgIpc) is 2.86. The Bertz CT molecular complexity index is 286. The Morgan fingerprint density at radius 3 is 2.14 bits per heavy atom. The number of hydrogen-bond donors (Lipinski definition) is 1. The van der Waals surface area contributed by atoms with E-state index in [9.17, 15) is 9.59 Å². The number of ether oxygens (including phenoxy) is 1. The summed E-state index contributed by atoms with van der Waals surface area (Å²) in [6.45, 7) is 13.4. The van der Waals surface area contributed by atoms with Crippen molar-refractivity contribution in [1.29, 1.82) is 0 Å². The summed E-state index contributed by atoms with van der Waals surface area (Å²) in [6.07, 6.45) is 3.57. The fourth-order valence-electron chi connectivity index (χ4n) is 1.30. The number of hydrogen-bond acceptors (Lipinski definition) is 4. The topological polar surface area (TPSA) is 72.6 Å². The summed E-state index contributed by atoms with van der Waals surface area (Å²) in [7, 11) is 1.34. The van der Waals surface area contributed by atoms with Crippen LogP contribution in [0.15, 0.2) is 0 Å². The van der Waals surface area contributed by atoms with Crippen molar-refractivity contribution >= 4 is 12.4 Å². The smallest absolute Gasteiger partial charge is 0.328 e. The maximum Gasteiger partial charge on any atom is 0.328 e. The number of nitrogens with two attached hydrogens (primary N) is 1. The van der Waals surface area contributed by atoms with Gasteiger partial charge in [-0.25, -0.2) is 4.79 Å². The second kappa shape index (κ2) is 11.5. The molecule has 1 fully saturated rings. The van der Waals surface area contributed by atoms with Crippen molar-refractivity contribution in [3.8, 4) is 0 Å². The summed E-state index contributed by atoms with van der Waals surface area (Å²) in [5.41, 5.74) is 5.85. The van der Waals surface area contributed by atoms with Crippen LogP contribution in [0.2, 0.25) is 0 Å². The standard InChI is InChI=1S/C7H11NO3.C6H15N.C3H8/c1-11-7(10)6-3-2-4-8(6)5-9;1-5(7)6(2,3)4;1-3-2/h5-6H,2-4H2,1H3;5H,7H2,1-4H3;3H2,1-2H3. The zero-order chi connectivity index (χ0) is 17.1. The first kappa shape index (κ1) is 22.2. The second-order valence-electron chi connectivity index (χ2n) is 6.39. The van der Waals surface area contributed by atoms with E-state index in [2.05, 4.69) is 39.4 Å². The van der Waals surface area contributed by atoms with Gasteiger partial charge in [0.05, 0.1) is 7.11 Å². The molecule has 0 saturated carbocycles. The SMILES string of the molecule is CC(N)C(C)(C)C.CCC.COC(=O)C1CCCN1C=O. The Balaban J connectivity index is 0. The number of rotatable bonds is 2. The minimum atomic E-state index is -0.336. The summed E-state index contributed by atoms with van der Waals surface area (Å²) >= 11 is 0. The molecule has 1 saturated heterocycles. The lowest BCUT2D eigenvalue weighted by molar-refractivity contribution is -0.148. The molecule has 0 bridgehead atoms. The molecule has 2 N–H and O–H groups in total. The van der Waals surface area contributed by atoms with Crippen molar-refractivity contribution in [3.63, 3.8) is 0 Å². The highest BCUT2D eigenvalue weighted by molar-refractivity contribution is 5.78. The molecule has 2 atom stereocenters. The van der Waals surface area contributed by atoms with Gasteiger partial charge >= 0.3 is 5.97 Å². The zero-order valence-electron chi connectivity index (χ0n) is 14.8. The Hall–Kier alpha value is -1.10. The van der Waals surface area contributed by atoms with Crippen LogP contribution in [0.4, 0.5) is 0 Å². The molecule has 21 heavy (non-hydrogen) atoms. The lowest BCUT2D eigenvalue weighted by Crippen LogP contribution is -2.35. The van der Waals surface area contributed by atoms with E-state index in [1.54, 1.807) is 0 Å². The summed E-state index contributed by atoms with van der Waals surface area (Å²) in [5, 5.41) is 0. The number of carbonyl (C=O) groups excluding carboxylic acids is 2. The molecule has 0 aromatic carbocycles. The zero-order valence-corrected chi connectivity index (χ0v) is 14.8. The first-order valence-corrected chi connectivity index (χ1v) is 7.70. The van der Waals surface area contributed by atoms with E-state index in [0.717, 1.165) is 12.8 Å². The Kier molecular flexibility index (Phi) is 12.2. The molecule has 1 amide bonds. The molecular formula is C16H34N2O3. The van der Waals surface area contributed by atoms with Gasteiger partial charge in [-0.2, -0.15) is 0 Å². The van der Waals surface area contributed by atoms with Crippen LogP contribution < -0.4 is 5.73 Å². The van der Waals surface area contributed by atoms with Crippen molar-refractivity contribution in [2.45, 2.75) is 72.9 Å². The van der Waals surface area contributed by atoms with E-state index in [4.69, 9.17) is 5.73 Å². The third kappa shape index (κ3) is 10.3. The first-order chi connectivity index (χ1) is 9.65. The minimum Gasteiger partial charge on any atom is -0.467 e. The molecule has 1 aliphatic rings. The number of amides is 1. The predicted molar refractivity (Wildman–Crippen MR) is 86.9 cm³/mol. The summed E-state index contributed by atoms with van der Waals surface area (Å²) in [4.78, 5) is 22.8. The molecule has 1 heterocycles. The molecular weight excluding hydrogens is 268 g/mol. The molecule has 0 aromatic heterocycles. The fraction of sp³-hybridized carbons (Fsp3) is 0.875. The molecule has 0 aliphatic carbocycles. The van der Waals surface area contributed by atoms with E-state index in [0.29, 0.717) is 19.0 Å². The second-order valence-corrected chi connectivity index (χ2v) is 6.39. The monoisotopic (exact) mass is 302 g/mol. The van der Waals surface area contributed by atoms with E-state index in [-0.39, 0.29) is 17.4 Å². The van der Waals surface area contributed by atoms with E-state index >= 15 is 0 Å². The van der Waals surface area contributed by atoms with Gasteiger partial charge in [-0.1, -0.05) is 41.0 Å². The molecule has 2 unspecified atom stereocenters. The predicted octanol–water partition coefficient (Wildman–Crippen LogP) is 2.58. The van der Waals surface area contributed by atoms with Crippen molar-refractivity contribution in [2.75, 3.05) is 13.7 Å². The molecule has 0 spiro atoms. The Morgan fingerprint density at radius 2 is 1.86 bits per heavy atom. The van der Waals surface area contributed by atoms with Gasteiger partial charge in [-0.05, 0) is 25.2 Å². The fourth-order valence-corrected chi connectivity index (χ4v) is 1.30. The van der Waals surface area contributed by atoms with Crippen LogP contribution in [0.25, 0.3) is 0 Å². The van der Waals surface area contributed by atoms with Crippen LogP contribution in [0.3, 0.4) is 0 Å². The summed E-state index contributed by atoms with van der Waals surface area (Å²) in [6, 6.07) is -0.0370. The molecule has 0 radical (unpaired) electrons. The Morgan fingerprint density at radius 1 is 1.43 bits per heavy atom. The van der Waals surface area contributed by atoms with Crippen LogP contribution in [0, 0.1) is 5.41 Å². The minimum absolute atomic E-state index is 0.278. The van der Waals surface area contributed by atoms with Crippen LogP contribution in [-0.4, -0.2) is 43.0 Å². The van der Waals surface area contributed by atoms with Gasteiger partial charge in [0.2, 0.25) is 6.41 Å². The maximum atomic E-state index is 11.0. The molecule has 5 heteroatoms. The average molecular weight is 302 g/mol. The van der Waals surface area contributed by atoms with Gasteiger partial charge in [0, 0.05) is 12.6 Å². The highest BCUT2D eigenvalue weighted by atomic mass is 16.5. The lowest BCUT2D eigenvalue weighted by atomic mass is 9.89. The van der Waals surface area contributed by atoms with Crippen molar-refractivity contribution in [2.24, 2.45) is 11.1 Å². The number of esters is 1. The van der Waals surface area contributed by atoms with Gasteiger partial charge in [0.1, 0.15) is 6.04 Å². The van der Waals surface area contributed by atoms with Crippen molar-refractivity contribution in [1.82, 2.24) is 4.90 Å². The highest BCUT2D eigenvalue weighted by Gasteiger charge is 2.29. The Labute approximate surface area is 130 Å². The number of likely N-dealkylation sites (tertiary alicyclic amines) is 1. The lowest BCUT2D eigenvalue weighted by Gasteiger charge is -2.22. The molecule has 126 valence electrons. The number of nitrogens with zero attached hydrogens (tertiary/aromatic N) is 1. The molecule has 5 nitrogen and oxygen atoms in total. The molecule has 1 aliphatic heterocycles. The van der Waals surface area contributed by atoms with Crippen LogP contribution >= 0.6 is 0 Å². The highest BCUT2D eigenvalue weighted by Crippen LogP contribution is 2.16. The van der Waals surface area contributed by atoms with Gasteiger partial charge in [-0.15, -0.1) is 0 Å². The summed E-state index contributed by atoms with van der Waals surface area (Å²) in [5.74, 6) is -0.311. The van der Waals surface area contributed by atoms with E-state index < -0.39 is 0 Å². The molecule has 1 rings (SSSR count). The van der Waals surface area contributed by atoms with Gasteiger partial charge < -0.3 is 15.4 Å². The van der Waals surface area contributed by atoms with Crippen molar-refractivity contribution < 1.29 is 14.3 Å². The third-order valence-corrected chi connectivity index (χ3v) is 3.27. The maximum absolute atomic E-state index is 11.0. The third-order valence-electron chi connectivity index (χ3n) is 3.27. The van der Waals surface area contributed by atoms with E-state index in [1.807, 2.05) is 6.92 Å². The van der Waals surface area contributed by atoms with Gasteiger partial charge in [0.25, 0.3) is 0 Å².